The highest BCUT2D eigenvalue weighted by Gasteiger charge is 2.55. The number of hydrogen-bond donors (Lipinski definition) is 1. The zero-order valence-corrected chi connectivity index (χ0v) is 18.3. The first kappa shape index (κ1) is 21.1. The molecule has 2 aliphatic rings. The Morgan fingerprint density at radius 3 is 1.72 bits per heavy atom. The predicted molar refractivity (Wildman–Crippen MR) is 123 cm³/mol. The summed E-state index contributed by atoms with van der Waals surface area (Å²) in [6.07, 6.45) is 2.82. The summed E-state index contributed by atoms with van der Waals surface area (Å²) in [7, 11) is 0. The number of benzene rings is 3. The fourth-order valence-corrected chi connectivity index (χ4v) is 4.80. The SMILES string of the molecule is CC1(C)OC2C=C[C@](O)(COC(c3ccccc3)(c3ccccc3)c3ccccc3)C2O1. The van der Waals surface area contributed by atoms with Gasteiger partial charge >= 0.3 is 0 Å². The van der Waals surface area contributed by atoms with E-state index in [9.17, 15) is 5.11 Å². The van der Waals surface area contributed by atoms with Gasteiger partial charge in [-0.25, -0.2) is 0 Å². The molecule has 0 radical (unpaired) electrons. The number of rotatable bonds is 6. The molecule has 32 heavy (non-hydrogen) atoms. The van der Waals surface area contributed by atoms with Crippen LogP contribution in [-0.2, 0) is 19.8 Å². The molecule has 1 N–H and O–H groups in total. The molecule has 3 atom stereocenters. The molecule has 0 amide bonds. The molecule has 0 aromatic heterocycles. The summed E-state index contributed by atoms with van der Waals surface area (Å²) >= 11 is 0. The van der Waals surface area contributed by atoms with Crippen LogP contribution in [0.15, 0.2) is 103 Å². The fraction of sp³-hybridized carbons (Fsp3) is 0.286. The number of aliphatic hydroxyl groups is 1. The third-order valence-corrected chi connectivity index (χ3v) is 6.26. The smallest absolute Gasteiger partial charge is 0.164 e. The van der Waals surface area contributed by atoms with Gasteiger partial charge in [0, 0.05) is 0 Å². The van der Waals surface area contributed by atoms with E-state index < -0.39 is 23.1 Å². The zero-order valence-electron chi connectivity index (χ0n) is 18.3. The number of hydrogen-bond acceptors (Lipinski definition) is 4. The van der Waals surface area contributed by atoms with E-state index in [2.05, 4.69) is 36.4 Å². The second-order valence-electron chi connectivity index (χ2n) is 8.94. The molecule has 1 saturated heterocycles. The van der Waals surface area contributed by atoms with Gasteiger partial charge in [0.05, 0.1) is 6.61 Å². The van der Waals surface area contributed by atoms with Crippen LogP contribution >= 0.6 is 0 Å². The standard InChI is InChI=1S/C28H28O4/c1-26(2)31-24-18-19-27(29,25(24)32-26)20-30-28(21-12-6-3-7-13-21,22-14-8-4-9-15-22)23-16-10-5-11-17-23/h3-19,24-25,29H,20H2,1-2H3/t24?,25?,27-/m0/s1. The van der Waals surface area contributed by atoms with Gasteiger partial charge < -0.3 is 19.3 Å². The maximum Gasteiger partial charge on any atom is 0.164 e. The van der Waals surface area contributed by atoms with Crippen LogP contribution in [-0.4, -0.2) is 35.3 Å². The van der Waals surface area contributed by atoms with Crippen molar-refractivity contribution in [3.63, 3.8) is 0 Å². The molecule has 164 valence electrons. The van der Waals surface area contributed by atoms with E-state index in [1.807, 2.05) is 74.5 Å². The molecule has 5 rings (SSSR count). The van der Waals surface area contributed by atoms with Crippen molar-refractivity contribution in [3.8, 4) is 0 Å². The lowest BCUT2D eigenvalue weighted by atomic mass is 9.80. The first-order valence-corrected chi connectivity index (χ1v) is 11.0. The highest BCUT2D eigenvalue weighted by atomic mass is 16.8. The van der Waals surface area contributed by atoms with Gasteiger partial charge in [0.1, 0.15) is 23.4 Å². The third kappa shape index (κ3) is 3.59. The molecule has 1 fully saturated rings. The topological polar surface area (TPSA) is 47.9 Å². The minimum Gasteiger partial charge on any atom is -0.380 e. The van der Waals surface area contributed by atoms with Gasteiger partial charge in [0.25, 0.3) is 0 Å². The first-order valence-electron chi connectivity index (χ1n) is 11.0. The Bertz CT molecular complexity index is 982. The summed E-state index contributed by atoms with van der Waals surface area (Å²) in [6.45, 7) is 3.77. The van der Waals surface area contributed by atoms with Crippen LogP contribution in [0.2, 0.25) is 0 Å². The van der Waals surface area contributed by atoms with Gasteiger partial charge in [-0.15, -0.1) is 0 Å². The molecule has 0 bridgehead atoms. The van der Waals surface area contributed by atoms with Crippen molar-refractivity contribution in [1.82, 2.24) is 0 Å². The summed E-state index contributed by atoms with van der Waals surface area (Å²) in [5.41, 5.74) is 0.762. The van der Waals surface area contributed by atoms with Crippen molar-refractivity contribution in [2.75, 3.05) is 6.61 Å². The van der Waals surface area contributed by atoms with E-state index in [1.165, 1.54) is 0 Å². The van der Waals surface area contributed by atoms with Crippen molar-refractivity contribution in [3.05, 3.63) is 120 Å². The van der Waals surface area contributed by atoms with Crippen molar-refractivity contribution in [1.29, 1.82) is 0 Å². The number of fused-ring (bicyclic) bond motifs is 1. The highest BCUT2D eigenvalue weighted by molar-refractivity contribution is 5.47. The molecule has 0 spiro atoms. The highest BCUT2D eigenvalue weighted by Crippen LogP contribution is 2.44. The average molecular weight is 429 g/mol. The summed E-state index contributed by atoms with van der Waals surface area (Å²) in [5.74, 6) is -0.747. The van der Waals surface area contributed by atoms with Crippen LogP contribution in [0.25, 0.3) is 0 Å². The van der Waals surface area contributed by atoms with Crippen molar-refractivity contribution >= 4 is 0 Å². The summed E-state index contributed by atoms with van der Waals surface area (Å²) < 4.78 is 18.8. The van der Waals surface area contributed by atoms with Crippen LogP contribution in [0.1, 0.15) is 30.5 Å². The van der Waals surface area contributed by atoms with Gasteiger partial charge in [-0.3, -0.25) is 0 Å². The van der Waals surface area contributed by atoms with Crippen molar-refractivity contribution in [2.45, 2.75) is 43.0 Å². The van der Waals surface area contributed by atoms with Crippen LogP contribution in [0, 0.1) is 0 Å². The average Bonchev–Trinajstić information content (AvgIpc) is 3.30. The molecule has 3 aromatic carbocycles. The van der Waals surface area contributed by atoms with E-state index >= 15 is 0 Å². The van der Waals surface area contributed by atoms with Gasteiger partial charge in [-0.05, 0) is 36.6 Å². The Labute approximate surface area is 189 Å². The Hall–Kier alpha value is -2.76. The van der Waals surface area contributed by atoms with Crippen LogP contribution < -0.4 is 0 Å². The molecule has 4 nitrogen and oxygen atoms in total. The lowest BCUT2D eigenvalue weighted by Crippen LogP contribution is -2.48. The normalized spacial score (nSPS) is 26.2. The van der Waals surface area contributed by atoms with E-state index in [0.717, 1.165) is 16.7 Å². The third-order valence-electron chi connectivity index (χ3n) is 6.26. The fourth-order valence-electron chi connectivity index (χ4n) is 4.80. The molecule has 1 aliphatic carbocycles. The quantitative estimate of drug-likeness (QED) is 0.452. The molecule has 2 unspecified atom stereocenters. The van der Waals surface area contributed by atoms with Crippen molar-refractivity contribution < 1.29 is 19.3 Å². The molecular weight excluding hydrogens is 400 g/mol. The Balaban J connectivity index is 1.59. The monoisotopic (exact) mass is 428 g/mol. The van der Waals surface area contributed by atoms with Crippen LogP contribution in [0.5, 0.6) is 0 Å². The number of ether oxygens (including phenoxy) is 3. The minimum atomic E-state index is -1.30. The second-order valence-corrected chi connectivity index (χ2v) is 8.94. The molecule has 4 heteroatoms. The summed E-state index contributed by atoms with van der Waals surface area (Å²) in [4.78, 5) is 0. The van der Waals surface area contributed by atoms with Gasteiger partial charge in [0.2, 0.25) is 0 Å². The zero-order chi connectivity index (χ0) is 22.2. The Kier molecular flexibility index (Phi) is 5.26. The van der Waals surface area contributed by atoms with Gasteiger partial charge in [-0.2, -0.15) is 0 Å². The van der Waals surface area contributed by atoms with E-state index in [-0.39, 0.29) is 12.7 Å². The summed E-state index contributed by atoms with van der Waals surface area (Å²) in [6, 6.07) is 30.4. The molecule has 3 aromatic rings. The molecule has 0 saturated carbocycles. The molecule has 1 heterocycles. The van der Waals surface area contributed by atoms with Gasteiger partial charge in [-0.1, -0.05) is 97.1 Å². The largest absolute Gasteiger partial charge is 0.380 e. The Morgan fingerprint density at radius 1 is 0.781 bits per heavy atom. The molecule has 1 aliphatic heterocycles. The van der Waals surface area contributed by atoms with Crippen LogP contribution in [0.4, 0.5) is 0 Å². The van der Waals surface area contributed by atoms with E-state index in [4.69, 9.17) is 14.2 Å². The van der Waals surface area contributed by atoms with Crippen molar-refractivity contribution in [2.24, 2.45) is 0 Å². The van der Waals surface area contributed by atoms with Gasteiger partial charge in [0.15, 0.2) is 5.79 Å². The van der Waals surface area contributed by atoms with E-state index in [0.29, 0.717) is 0 Å². The Morgan fingerprint density at radius 2 is 1.25 bits per heavy atom. The predicted octanol–water partition coefficient (Wildman–Crippen LogP) is 4.82. The first-order chi connectivity index (χ1) is 15.4. The van der Waals surface area contributed by atoms with E-state index in [1.54, 1.807) is 6.08 Å². The summed E-state index contributed by atoms with van der Waals surface area (Å²) in [5, 5.41) is 11.6. The second kappa shape index (κ2) is 7.98. The van der Waals surface area contributed by atoms with Crippen LogP contribution in [0.3, 0.4) is 0 Å². The maximum atomic E-state index is 11.6. The molecular formula is C28H28O4. The maximum absolute atomic E-state index is 11.6. The minimum absolute atomic E-state index is 0.0444. The lowest BCUT2D eigenvalue weighted by molar-refractivity contribution is -0.177. The lowest BCUT2D eigenvalue weighted by Gasteiger charge is -2.39.